The number of hydrogen-bond acceptors (Lipinski definition) is 0. The molecule has 0 fully saturated rings. The SMILES string of the molecule is C=C[c-]1ccc(C)c1C.[Fe].[cH-]1[cH-][cH-][cH-][cH-]1. The van der Waals surface area contributed by atoms with Crippen LogP contribution in [0.15, 0.2) is 49.0 Å². The maximum absolute atomic E-state index is 3.71. The Balaban J connectivity index is 0.000000280. The third-order valence-corrected chi connectivity index (χ3v) is 2.31. The zero-order chi connectivity index (χ0) is 10.4. The van der Waals surface area contributed by atoms with Gasteiger partial charge in [-0.25, -0.2) is 0 Å². The van der Waals surface area contributed by atoms with Gasteiger partial charge in [-0.2, -0.15) is 18.2 Å². The molecule has 1 heteroatoms. The minimum atomic E-state index is 0. The molecule has 0 saturated carbocycles. The molecule has 0 aliphatic carbocycles. The van der Waals surface area contributed by atoms with Crippen LogP contribution in [0.3, 0.4) is 0 Å². The van der Waals surface area contributed by atoms with E-state index in [0.717, 1.165) is 0 Å². The van der Waals surface area contributed by atoms with Gasteiger partial charge >= 0.3 is 0 Å². The van der Waals surface area contributed by atoms with Crippen LogP contribution in [0.5, 0.6) is 0 Å². The molecule has 86 valence electrons. The summed E-state index contributed by atoms with van der Waals surface area (Å²) < 4.78 is 0. The van der Waals surface area contributed by atoms with Gasteiger partial charge in [0.1, 0.15) is 0 Å². The molecule has 0 aliphatic rings. The van der Waals surface area contributed by atoms with Crippen LogP contribution in [0.2, 0.25) is 0 Å². The second-order valence-corrected chi connectivity index (χ2v) is 3.26. The van der Waals surface area contributed by atoms with Crippen LogP contribution < -0.4 is 0 Å². The zero-order valence-electron chi connectivity index (χ0n) is 9.18. The average molecular weight is 240 g/mol. The van der Waals surface area contributed by atoms with Gasteiger partial charge in [0.15, 0.2) is 0 Å². The Kier molecular flexibility index (Phi) is 6.77. The molecule has 0 nitrogen and oxygen atoms in total. The van der Waals surface area contributed by atoms with E-state index in [1.54, 1.807) is 0 Å². The van der Waals surface area contributed by atoms with Crippen molar-refractivity contribution < 1.29 is 17.1 Å². The van der Waals surface area contributed by atoms with E-state index in [4.69, 9.17) is 0 Å². The molecule has 0 N–H and O–H groups in total. The average Bonchev–Trinajstić information content (AvgIpc) is 2.82. The van der Waals surface area contributed by atoms with Gasteiger partial charge in [0.05, 0.1) is 0 Å². The fraction of sp³-hybridized carbons (Fsp3) is 0.143. The Hall–Kier alpha value is -1.04. The number of hydrogen-bond donors (Lipinski definition) is 0. The minimum absolute atomic E-state index is 0. The van der Waals surface area contributed by atoms with Crippen LogP contribution in [0, 0.1) is 13.8 Å². The molecule has 0 unspecified atom stereocenters. The van der Waals surface area contributed by atoms with Crippen LogP contribution in [0.25, 0.3) is 6.08 Å². The molecule has 0 aromatic heterocycles. The molecule has 15 heavy (non-hydrogen) atoms. The van der Waals surface area contributed by atoms with E-state index in [0.29, 0.717) is 0 Å². The van der Waals surface area contributed by atoms with Crippen LogP contribution in [0.1, 0.15) is 16.7 Å². The first-order chi connectivity index (χ1) is 6.75. The molecule has 0 atom stereocenters. The quantitative estimate of drug-likeness (QED) is 0.520. The summed E-state index contributed by atoms with van der Waals surface area (Å²) in [7, 11) is 0. The van der Waals surface area contributed by atoms with Crippen LogP contribution in [-0.2, 0) is 17.1 Å². The van der Waals surface area contributed by atoms with Crippen molar-refractivity contribution in [3.8, 4) is 0 Å². The summed E-state index contributed by atoms with van der Waals surface area (Å²) in [5.41, 5.74) is 3.96. The monoisotopic (exact) mass is 240 g/mol. The van der Waals surface area contributed by atoms with Gasteiger partial charge in [0.2, 0.25) is 0 Å². The van der Waals surface area contributed by atoms with Crippen LogP contribution in [-0.4, -0.2) is 0 Å². The zero-order valence-corrected chi connectivity index (χ0v) is 10.3. The smallest absolute Gasteiger partial charge is 0 e. The molecule has 0 aliphatic heterocycles. The molecule has 0 radical (unpaired) electrons. The Morgan fingerprint density at radius 2 is 1.60 bits per heavy atom. The summed E-state index contributed by atoms with van der Waals surface area (Å²) in [5, 5.41) is 0. The second-order valence-electron chi connectivity index (χ2n) is 3.26. The summed E-state index contributed by atoms with van der Waals surface area (Å²) in [5.74, 6) is 0. The predicted octanol–water partition coefficient (Wildman–Crippen LogP) is 4.07. The second kappa shape index (κ2) is 7.28. The first-order valence-corrected chi connectivity index (χ1v) is 4.77. The Morgan fingerprint density at radius 3 is 1.80 bits per heavy atom. The summed E-state index contributed by atoms with van der Waals surface area (Å²) >= 11 is 0. The van der Waals surface area contributed by atoms with E-state index in [9.17, 15) is 0 Å². The summed E-state index contributed by atoms with van der Waals surface area (Å²) in [6, 6.07) is 14.2. The third kappa shape index (κ3) is 4.33. The fourth-order valence-electron chi connectivity index (χ4n) is 1.23. The van der Waals surface area contributed by atoms with Crippen molar-refractivity contribution in [1.82, 2.24) is 0 Å². The number of rotatable bonds is 1. The number of aryl methyl sites for hydroxylation is 1. The van der Waals surface area contributed by atoms with Crippen molar-refractivity contribution in [1.29, 1.82) is 0 Å². The third-order valence-electron chi connectivity index (χ3n) is 2.31. The molecule has 2 rings (SSSR count). The Bertz CT molecular complexity index is 349. The van der Waals surface area contributed by atoms with Crippen molar-refractivity contribution >= 4 is 6.08 Å². The van der Waals surface area contributed by atoms with Crippen LogP contribution in [0.4, 0.5) is 0 Å². The van der Waals surface area contributed by atoms with E-state index in [2.05, 4.69) is 32.6 Å². The molecule has 0 saturated heterocycles. The van der Waals surface area contributed by atoms with E-state index < -0.39 is 0 Å². The van der Waals surface area contributed by atoms with Crippen molar-refractivity contribution in [2.45, 2.75) is 13.8 Å². The summed E-state index contributed by atoms with van der Waals surface area (Å²) in [4.78, 5) is 0. The first-order valence-electron chi connectivity index (χ1n) is 4.77. The predicted molar refractivity (Wildman–Crippen MR) is 63.6 cm³/mol. The van der Waals surface area contributed by atoms with Gasteiger partial charge in [-0.15, -0.1) is 23.3 Å². The molecular weight excluding hydrogens is 224 g/mol. The van der Waals surface area contributed by atoms with E-state index in [1.807, 2.05) is 36.4 Å². The molecular formula is C14H16Fe-6. The first kappa shape index (κ1) is 14.0. The summed E-state index contributed by atoms with van der Waals surface area (Å²) in [6.07, 6.45) is 1.89. The van der Waals surface area contributed by atoms with Gasteiger partial charge in [-0.1, -0.05) is 13.8 Å². The fourth-order valence-corrected chi connectivity index (χ4v) is 1.23. The maximum Gasteiger partial charge on any atom is 0 e. The normalized spacial score (nSPS) is 8.40. The van der Waals surface area contributed by atoms with E-state index in [1.165, 1.54) is 16.7 Å². The molecule has 0 heterocycles. The standard InChI is InChI=1S/C9H11.C5H5.Fe/c1-4-9-6-5-7(2)8(9)3;1-2-4-5-3-1;/h4-6H,1H2,2-3H3;1-5H;/q-1;-5;. The topological polar surface area (TPSA) is 0 Å². The molecule has 2 aromatic rings. The van der Waals surface area contributed by atoms with E-state index in [-0.39, 0.29) is 17.1 Å². The van der Waals surface area contributed by atoms with Crippen molar-refractivity contribution in [3.63, 3.8) is 0 Å². The van der Waals surface area contributed by atoms with Crippen molar-refractivity contribution in [2.75, 3.05) is 0 Å². The Morgan fingerprint density at radius 1 is 1.13 bits per heavy atom. The van der Waals surface area contributed by atoms with E-state index >= 15 is 0 Å². The van der Waals surface area contributed by atoms with Crippen molar-refractivity contribution in [3.05, 3.63) is 65.7 Å². The molecule has 2 aromatic carbocycles. The minimum Gasteiger partial charge on any atom is -0.748 e. The van der Waals surface area contributed by atoms with Gasteiger partial charge in [0, 0.05) is 17.1 Å². The van der Waals surface area contributed by atoms with Gasteiger partial charge in [0.25, 0.3) is 0 Å². The van der Waals surface area contributed by atoms with Crippen LogP contribution >= 0.6 is 0 Å². The van der Waals surface area contributed by atoms with Crippen molar-refractivity contribution in [2.24, 2.45) is 0 Å². The maximum atomic E-state index is 3.71. The van der Waals surface area contributed by atoms with Gasteiger partial charge < -0.3 is 30.3 Å². The largest absolute Gasteiger partial charge is 0.748 e. The molecule has 0 amide bonds. The summed E-state index contributed by atoms with van der Waals surface area (Å²) in [6.45, 7) is 7.94. The molecule has 0 spiro atoms. The van der Waals surface area contributed by atoms with Gasteiger partial charge in [-0.05, 0) is 0 Å². The Labute approximate surface area is 103 Å². The van der Waals surface area contributed by atoms with Gasteiger partial charge in [-0.3, -0.25) is 0 Å². The molecule has 0 bridgehead atoms.